The second-order valence-electron chi connectivity index (χ2n) is 6.19. The topological polar surface area (TPSA) is 80.0 Å². The molecule has 3 rings (SSSR count). The summed E-state index contributed by atoms with van der Waals surface area (Å²) in [6.45, 7) is 2.02. The highest BCUT2D eigenvalue weighted by Crippen LogP contribution is 2.27. The first-order valence-electron chi connectivity index (χ1n) is 8.20. The van der Waals surface area contributed by atoms with E-state index in [1.54, 1.807) is 23.7 Å². The van der Waals surface area contributed by atoms with E-state index in [1.165, 1.54) is 0 Å². The van der Waals surface area contributed by atoms with Crippen molar-refractivity contribution < 1.29 is 9.90 Å². The lowest BCUT2D eigenvalue weighted by Gasteiger charge is -2.17. The van der Waals surface area contributed by atoms with Gasteiger partial charge in [0.05, 0.1) is 11.8 Å². The monoisotopic (exact) mass is 348 g/mol. The molecule has 1 aliphatic rings. The first-order valence-corrected chi connectivity index (χ1v) is 8.58. The van der Waals surface area contributed by atoms with Gasteiger partial charge in [0.25, 0.3) is 5.91 Å². The quantitative estimate of drug-likeness (QED) is 0.870. The zero-order valence-electron chi connectivity index (χ0n) is 13.6. The zero-order valence-corrected chi connectivity index (χ0v) is 14.3. The van der Waals surface area contributed by atoms with Gasteiger partial charge >= 0.3 is 0 Å². The molecule has 6 nitrogen and oxygen atoms in total. The van der Waals surface area contributed by atoms with Crippen molar-refractivity contribution in [2.24, 2.45) is 5.92 Å². The fraction of sp³-hybridized carbons (Fsp3) is 0.471. The van der Waals surface area contributed by atoms with Crippen LogP contribution < -0.4 is 5.32 Å². The summed E-state index contributed by atoms with van der Waals surface area (Å²) in [4.78, 5) is 16.4. The first kappa shape index (κ1) is 16.9. The third-order valence-corrected chi connectivity index (χ3v) is 4.71. The Bertz CT molecular complexity index is 708. The Labute approximate surface area is 145 Å². The normalized spacial score (nSPS) is 16.3. The molecule has 1 heterocycles. The Morgan fingerprint density at radius 2 is 2.04 bits per heavy atom. The smallest absolute Gasteiger partial charge is 0.291 e. The average molecular weight is 349 g/mol. The van der Waals surface area contributed by atoms with E-state index >= 15 is 0 Å². The number of halogens is 1. The molecule has 1 amide bonds. The van der Waals surface area contributed by atoms with Gasteiger partial charge in [-0.3, -0.25) is 4.79 Å². The minimum Gasteiger partial charge on any atom is -0.391 e. The lowest BCUT2D eigenvalue weighted by Crippen LogP contribution is -2.36. The van der Waals surface area contributed by atoms with E-state index in [0.717, 1.165) is 31.4 Å². The van der Waals surface area contributed by atoms with Crippen LogP contribution in [0.15, 0.2) is 24.3 Å². The maximum atomic E-state index is 12.2. The molecule has 0 aliphatic heterocycles. The fourth-order valence-electron chi connectivity index (χ4n) is 3.10. The second-order valence-corrected chi connectivity index (χ2v) is 6.63. The Kier molecular flexibility index (Phi) is 5.16. The van der Waals surface area contributed by atoms with Crippen LogP contribution in [-0.4, -0.2) is 38.4 Å². The standard InChI is InChI=1S/C17H21ClN4O2/c1-11-20-16(21-22(11)14-8-6-13(18)7-9-14)17(24)19-10-15(23)12-4-2-3-5-12/h6-9,12,15,23H,2-5,10H2,1H3,(H,19,24). The van der Waals surface area contributed by atoms with Crippen LogP contribution in [0.1, 0.15) is 42.1 Å². The van der Waals surface area contributed by atoms with Crippen molar-refractivity contribution in [2.75, 3.05) is 6.54 Å². The highest BCUT2D eigenvalue weighted by atomic mass is 35.5. The molecule has 1 aromatic carbocycles. The Hall–Kier alpha value is -1.92. The zero-order chi connectivity index (χ0) is 17.1. The number of rotatable bonds is 5. The highest BCUT2D eigenvalue weighted by molar-refractivity contribution is 6.30. The number of nitrogens with zero attached hydrogens (tertiary/aromatic N) is 3. The molecule has 1 atom stereocenters. The molecule has 1 aliphatic carbocycles. The maximum absolute atomic E-state index is 12.2. The summed E-state index contributed by atoms with van der Waals surface area (Å²) in [6, 6.07) is 7.15. The number of hydrogen-bond acceptors (Lipinski definition) is 4. The van der Waals surface area contributed by atoms with E-state index < -0.39 is 6.10 Å². The van der Waals surface area contributed by atoms with Gasteiger partial charge < -0.3 is 10.4 Å². The van der Waals surface area contributed by atoms with Gasteiger partial charge in [-0.25, -0.2) is 9.67 Å². The van der Waals surface area contributed by atoms with E-state index in [9.17, 15) is 9.90 Å². The minimum absolute atomic E-state index is 0.0982. The van der Waals surface area contributed by atoms with Crippen molar-refractivity contribution in [3.05, 3.63) is 40.9 Å². The van der Waals surface area contributed by atoms with Gasteiger partial charge in [-0.15, -0.1) is 5.10 Å². The van der Waals surface area contributed by atoms with Crippen LogP contribution in [0.2, 0.25) is 5.02 Å². The van der Waals surface area contributed by atoms with Crippen molar-refractivity contribution in [1.29, 1.82) is 0 Å². The molecule has 0 bridgehead atoms. The van der Waals surface area contributed by atoms with Crippen LogP contribution in [0.4, 0.5) is 0 Å². The van der Waals surface area contributed by atoms with Gasteiger partial charge in [-0.2, -0.15) is 0 Å². The number of nitrogens with one attached hydrogen (secondary N) is 1. The third-order valence-electron chi connectivity index (χ3n) is 4.46. The van der Waals surface area contributed by atoms with Crippen LogP contribution >= 0.6 is 11.6 Å². The number of carbonyl (C=O) groups excluding carboxylic acids is 1. The maximum Gasteiger partial charge on any atom is 0.291 e. The summed E-state index contributed by atoms with van der Waals surface area (Å²) < 4.78 is 1.60. The number of aliphatic hydroxyl groups excluding tert-OH is 1. The minimum atomic E-state index is -0.504. The molecule has 128 valence electrons. The summed E-state index contributed by atoms with van der Waals surface area (Å²) in [5, 5.41) is 17.8. The Morgan fingerprint density at radius 3 is 2.71 bits per heavy atom. The predicted molar refractivity (Wildman–Crippen MR) is 91.4 cm³/mol. The molecular weight excluding hydrogens is 328 g/mol. The second kappa shape index (κ2) is 7.32. The number of carbonyl (C=O) groups is 1. The van der Waals surface area contributed by atoms with E-state index in [2.05, 4.69) is 15.4 Å². The SMILES string of the molecule is Cc1nc(C(=O)NCC(O)C2CCCC2)nn1-c1ccc(Cl)cc1. The van der Waals surface area contributed by atoms with E-state index in [4.69, 9.17) is 11.6 Å². The fourth-order valence-corrected chi connectivity index (χ4v) is 3.22. The highest BCUT2D eigenvalue weighted by Gasteiger charge is 2.24. The van der Waals surface area contributed by atoms with Crippen LogP contribution in [0, 0.1) is 12.8 Å². The first-order chi connectivity index (χ1) is 11.5. The van der Waals surface area contributed by atoms with Crippen LogP contribution in [0.5, 0.6) is 0 Å². The van der Waals surface area contributed by atoms with E-state index in [-0.39, 0.29) is 24.2 Å². The number of hydrogen-bond donors (Lipinski definition) is 2. The van der Waals surface area contributed by atoms with Crippen molar-refractivity contribution in [3.8, 4) is 5.69 Å². The predicted octanol–water partition coefficient (Wildman–Crippen LogP) is 2.51. The average Bonchev–Trinajstić information content (AvgIpc) is 3.23. The number of aromatic nitrogens is 3. The molecule has 1 aromatic heterocycles. The van der Waals surface area contributed by atoms with Gasteiger partial charge in [0, 0.05) is 11.6 Å². The third kappa shape index (κ3) is 3.76. The summed E-state index contributed by atoms with van der Waals surface area (Å²) in [7, 11) is 0. The summed E-state index contributed by atoms with van der Waals surface area (Å²) in [5.41, 5.74) is 0.787. The molecule has 0 spiro atoms. The molecular formula is C17H21ClN4O2. The molecule has 1 fully saturated rings. The number of aryl methyl sites for hydroxylation is 1. The Balaban J connectivity index is 1.65. The van der Waals surface area contributed by atoms with Crippen LogP contribution in [-0.2, 0) is 0 Å². The van der Waals surface area contributed by atoms with Gasteiger partial charge in [-0.05, 0) is 49.9 Å². The van der Waals surface area contributed by atoms with Crippen molar-refractivity contribution in [2.45, 2.75) is 38.7 Å². The number of aliphatic hydroxyl groups is 1. The molecule has 24 heavy (non-hydrogen) atoms. The van der Waals surface area contributed by atoms with Crippen molar-refractivity contribution >= 4 is 17.5 Å². The molecule has 7 heteroatoms. The Morgan fingerprint density at radius 1 is 1.38 bits per heavy atom. The van der Waals surface area contributed by atoms with E-state index in [0.29, 0.717) is 10.8 Å². The van der Waals surface area contributed by atoms with Gasteiger partial charge in [0.1, 0.15) is 5.82 Å². The molecule has 2 N–H and O–H groups in total. The molecule has 2 aromatic rings. The lowest BCUT2D eigenvalue weighted by molar-refractivity contribution is 0.0832. The largest absolute Gasteiger partial charge is 0.391 e. The van der Waals surface area contributed by atoms with Gasteiger partial charge in [0.2, 0.25) is 5.82 Å². The number of benzene rings is 1. The lowest BCUT2D eigenvalue weighted by atomic mass is 10.0. The molecule has 0 saturated heterocycles. The van der Waals surface area contributed by atoms with Crippen molar-refractivity contribution in [1.82, 2.24) is 20.1 Å². The number of amides is 1. The van der Waals surface area contributed by atoms with E-state index in [1.807, 2.05) is 12.1 Å². The summed E-state index contributed by atoms with van der Waals surface area (Å²) in [6.07, 6.45) is 3.86. The summed E-state index contributed by atoms with van der Waals surface area (Å²) in [5.74, 6) is 0.620. The van der Waals surface area contributed by atoms with Crippen molar-refractivity contribution in [3.63, 3.8) is 0 Å². The molecule has 0 radical (unpaired) electrons. The molecule has 1 unspecified atom stereocenters. The summed E-state index contributed by atoms with van der Waals surface area (Å²) >= 11 is 5.89. The van der Waals surface area contributed by atoms with Crippen LogP contribution in [0.3, 0.4) is 0 Å². The van der Waals surface area contributed by atoms with Crippen LogP contribution in [0.25, 0.3) is 5.69 Å². The van der Waals surface area contributed by atoms with Gasteiger partial charge in [0.15, 0.2) is 0 Å². The van der Waals surface area contributed by atoms with Gasteiger partial charge in [-0.1, -0.05) is 24.4 Å². The molecule has 1 saturated carbocycles.